The third-order valence-corrected chi connectivity index (χ3v) is 9.30. The van der Waals surface area contributed by atoms with Crippen LogP contribution in [0.5, 0.6) is 0 Å². The number of carboxylic acids is 1. The number of aliphatic hydroxyl groups excluding tert-OH is 1. The fraction of sp³-hybridized carbons (Fsp3) is 0.600. The number of aliphatic imine (C=N–C) groups is 2. The molecule has 32 nitrogen and oxygen atoms in total. The van der Waals surface area contributed by atoms with E-state index >= 15 is 0 Å². The van der Waals surface area contributed by atoms with Gasteiger partial charge < -0.3 is 99.0 Å². The van der Waals surface area contributed by atoms with Crippen LogP contribution in [0.2, 0.25) is 0 Å². The fourth-order valence-electron chi connectivity index (χ4n) is 5.51. The molecular weight excluding hydrogens is 929 g/mol. The van der Waals surface area contributed by atoms with Gasteiger partial charge in [0.2, 0.25) is 65.0 Å². The summed E-state index contributed by atoms with van der Waals surface area (Å²) in [6.45, 7) is -0.905. The van der Waals surface area contributed by atoms with E-state index < -0.39 is 157 Å². The molecular formula is C35H62N18O14S. The highest BCUT2D eigenvalue weighted by molar-refractivity contribution is 7.80. The third kappa shape index (κ3) is 25.2. The molecule has 0 rings (SSSR count). The van der Waals surface area contributed by atoms with Crippen LogP contribution >= 0.6 is 12.6 Å². The number of guanidine groups is 2. The molecule has 8 atom stereocenters. The Balaban J connectivity index is 6.58. The maximum Gasteiger partial charge on any atom is 0.305 e. The lowest BCUT2D eigenvalue weighted by Crippen LogP contribution is -2.61. The van der Waals surface area contributed by atoms with Gasteiger partial charge in [-0.25, -0.2) is 0 Å². The molecule has 33 heteroatoms. The fourth-order valence-corrected chi connectivity index (χ4v) is 5.77. The van der Waals surface area contributed by atoms with E-state index in [-0.39, 0.29) is 57.1 Å². The lowest BCUT2D eigenvalue weighted by Gasteiger charge is -2.27. The van der Waals surface area contributed by atoms with Gasteiger partial charge in [-0.05, 0) is 32.1 Å². The lowest BCUT2D eigenvalue weighted by atomic mass is 10.1. The van der Waals surface area contributed by atoms with Gasteiger partial charge in [0.15, 0.2) is 11.9 Å². The number of amides is 11. The second-order valence-corrected chi connectivity index (χ2v) is 15.0. The van der Waals surface area contributed by atoms with Gasteiger partial charge in [0.05, 0.1) is 25.9 Å². The van der Waals surface area contributed by atoms with E-state index in [9.17, 15) is 67.7 Å². The number of aliphatic hydroxyl groups is 1. The van der Waals surface area contributed by atoms with E-state index in [1.165, 1.54) is 0 Å². The van der Waals surface area contributed by atoms with Crippen molar-refractivity contribution in [3.05, 3.63) is 0 Å². The zero-order valence-corrected chi connectivity index (χ0v) is 37.5. The van der Waals surface area contributed by atoms with Gasteiger partial charge in [-0.2, -0.15) is 12.6 Å². The number of nitrogens with one attached hydrogen (secondary N) is 7. The molecule has 0 aromatic rings. The van der Waals surface area contributed by atoms with Crippen molar-refractivity contribution in [2.24, 2.45) is 61.6 Å². The van der Waals surface area contributed by atoms with Crippen LogP contribution in [0.4, 0.5) is 0 Å². The molecule has 68 heavy (non-hydrogen) atoms. The van der Waals surface area contributed by atoms with Crippen molar-refractivity contribution >= 4 is 95.5 Å². The summed E-state index contributed by atoms with van der Waals surface area (Å²) in [5.41, 5.74) is 47.9. The van der Waals surface area contributed by atoms with Crippen molar-refractivity contribution in [1.29, 1.82) is 0 Å². The Bertz CT molecular complexity index is 1900. The lowest BCUT2D eigenvalue weighted by molar-refractivity contribution is -0.141. The summed E-state index contributed by atoms with van der Waals surface area (Å²) in [4.78, 5) is 160. The van der Waals surface area contributed by atoms with Gasteiger partial charge in [-0.3, -0.25) is 67.5 Å². The van der Waals surface area contributed by atoms with E-state index in [2.05, 4.69) is 54.5 Å². The van der Waals surface area contributed by atoms with E-state index in [1.807, 2.05) is 5.32 Å². The first-order valence-corrected chi connectivity index (χ1v) is 20.9. The zero-order valence-electron chi connectivity index (χ0n) is 36.6. The first-order valence-electron chi connectivity index (χ1n) is 20.3. The van der Waals surface area contributed by atoms with Gasteiger partial charge in [-0.15, -0.1) is 0 Å². The van der Waals surface area contributed by atoms with E-state index in [0.717, 1.165) is 0 Å². The Labute approximate surface area is 393 Å². The Morgan fingerprint density at radius 2 is 0.794 bits per heavy atom. The summed E-state index contributed by atoms with van der Waals surface area (Å²) in [6, 6.07) is -13.5. The number of rotatable bonds is 34. The largest absolute Gasteiger partial charge is 0.481 e. The van der Waals surface area contributed by atoms with Crippen LogP contribution in [0.3, 0.4) is 0 Å². The minimum Gasteiger partial charge on any atom is -0.481 e. The highest BCUT2D eigenvalue weighted by atomic mass is 32.1. The molecule has 11 amide bonds. The SMILES string of the molecule is NC(=O)CC[C@H](NC(=O)[C@H](CC(=O)O)NC(=O)[C@H](CC(N)=O)NC(=O)[C@H](CS)NC(=O)[C@H](CCCN=C(N)N)NC(=O)[C@H](CC(N)=O)NC(=O)[C@H](CCCN=C(N)N)NC(=O)[C@@H](N)CO)C(N)=O. The number of carbonyl (C=O) groups excluding carboxylic acids is 11. The van der Waals surface area contributed by atoms with Gasteiger partial charge in [0.1, 0.15) is 48.3 Å². The van der Waals surface area contributed by atoms with E-state index in [0.29, 0.717) is 0 Å². The summed E-state index contributed by atoms with van der Waals surface area (Å²) in [6.07, 6.45) is -4.10. The first kappa shape index (κ1) is 60.5. The van der Waals surface area contributed by atoms with Crippen molar-refractivity contribution in [2.75, 3.05) is 25.4 Å². The molecule has 0 heterocycles. The number of carbonyl (C=O) groups is 12. The monoisotopic (exact) mass is 990 g/mol. The number of carboxylic acid groups (broad SMARTS) is 1. The molecule has 0 aromatic carbocycles. The number of hydrogen-bond donors (Lipinski definition) is 19. The van der Waals surface area contributed by atoms with Crippen LogP contribution in [0.1, 0.15) is 57.8 Å². The second kappa shape index (κ2) is 31.4. The molecule has 0 saturated heterocycles. The van der Waals surface area contributed by atoms with Crippen molar-refractivity contribution in [2.45, 2.75) is 106 Å². The Morgan fingerprint density at radius 1 is 0.456 bits per heavy atom. The van der Waals surface area contributed by atoms with Crippen LogP contribution in [0.25, 0.3) is 0 Å². The Hall–Kier alpha value is -7.55. The smallest absolute Gasteiger partial charge is 0.305 e. The van der Waals surface area contributed by atoms with Crippen LogP contribution in [0, 0.1) is 0 Å². The first-order chi connectivity index (χ1) is 31.7. The molecule has 27 N–H and O–H groups in total. The zero-order chi connectivity index (χ0) is 52.3. The normalized spacial score (nSPS) is 14.2. The topological polar surface area (TPSA) is 588 Å². The van der Waals surface area contributed by atoms with Gasteiger partial charge in [0, 0.05) is 25.3 Å². The number of thiol groups is 1. The van der Waals surface area contributed by atoms with Crippen LogP contribution in [0.15, 0.2) is 9.98 Å². The molecule has 0 unspecified atom stereocenters. The summed E-state index contributed by atoms with van der Waals surface area (Å²) < 4.78 is 0. The van der Waals surface area contributed by atoms with E-state index in [1.54, 1.807) is 0 Å². The predicted octanol–water partition coefficient (Wildman–Crippen LogP) is -11.3. The number of primary amides is 4. The standard InChI is InChI=1S/C35H62N18O14S/c36-14(12-54)27(61)48-16(3-1-7-45-34(41)42)28(62)50-18(9-23(38)56)30(64)49-17(4-2-8-46-35(43)44)29(63)53-21(13-68)33(67)51-19(10-24(39)57)31(65)52-20(11-25(58)59)32(66)47-15(26(40)60)5-6-22(37)55/h14-21,54,68H,1-13,36H2,(H2,37,55)(H2,38,56)(H2,39,57)(H2,40,60)(H,47,66)(H,48,61)(H,49,64)(H,50,62)(H,51,67)(H,52,65)(H,53,63)(H,58,59)(H4,41,42,45)(H4,43,44,46)/t14-,15-,16-,17-,18-,19-,20-,21-/m0/s1. The molecule has 0 radical (unpaired) electrons. The molecule has 0 aliphatic rings. The summed E-state index contributed by atoms with van der Waals surface area (Å²) in [7, 11) is 0. The maximum atomic E-state index is 13.8. The van der Waals surface area contributed by atoms with Crippen LogP contribution in [-0.4, -0.2) is 167 Å². The average molecular weight is 991 g/mol. The second-order valence-electron chi connectivity index (χ2n) is 14.6. The van der Waals surface area contributed by atoms with Crippen molar-refractivity contribution in [3.8, 4) is 0 Å². The quantitative estimate of drug-likeness (QED) is 0.0123. The Morgan fingerprint density at radius 3 is 1.13 bits per heavy atom. The van der Waals surface area contributed by atoms with Crippen molar-refractivity contribution in [3.63, 3.8) is 0 Å². The molecule has 0 saturated carbocycles. The van der Waals surface area contributed by atoms with Crippen LogP contribution < -0.4 is 88.8 Å². The summed E-state index contributed by atoms with van der Waals surface area (Å²) >= 11 is 4.07. The maximum absolute atomic E-state index is 13.8. The minimum atomic E-state index is -1.97. The van der Waals surface area contributed by atoms with Gasteiger partial charge in [-0.1, -0.05) is 0 Å². The highest BCUT2D eigenvalue weighted by Crippen LogP contribution is 2.07. The highest BCUT2D eigenvalue weighted by Gasteiger charge is 2.35. The number of hydrogen-bond acceptors (Lipinski definition) is 17. The van der Waals surface area contributed by atoms with Gasteiger partial charge >= 0.3 is 5.97 Å². The van der Waals surface area contributed by atoms with E-state index in [4.69, 9.17) is 51.6 Å². The Kier molecular flexibility index (Phi) is 27.9. The predicted molar refractivity (Wildman–Crippen MR) is 240 cm³/mol. The average Bonchev–Trinajstić information content (AvgIpc) is 3.23. The molecule has 0 bridgehead atoms. The molecule has 0 aliphatic carbocycles. The number of nitrogens with zero attached hydrogens (tertiary/aromatic N) is 2. The number of nitrogens with two attached hydrogens (primary N) is 9. The molecule has 0 spiro atoms. The van der Waals surface area contributed by atoms with Crippen LogP contribution in [-0.2, 0) is 57.5 Å². The molecule has 0 aliphatic heterocycles. The summed E-state index contributed by atoms with van der Waals surface area (Å²) in [5.74, 6) is -15.2. The molecule has 382 valence electrons. The van der Waals surface area contributed by atoms with Crippen molar-refractivity contribution < 1.29 is 67.7 Å². The molecule has 0 aromatic heterocycles. The van der Waals surface area contributed by atoms with Crippen molar-refractivity contribution in [1.82, 2.24) is 37.2 Å². The molecule has 0 fully saturated rings. The third-order valence-electron chi connectivity index (χ3n) is 8.93. The summed E-state index contributed by atoms with van der Waals surface area (Å²) in [5, 5.41) is 34.2. The number of aliphatic carboxylic acids is 1. The minimum absolute atomic E-state index is 0.00596. The van der Waals surface area contributed by atoms with Gasteiger partial charge in [0.25, 0.3) is 0 Å².